The number of aromatic nitrogens is 1. The predicted octanol–water partition coefficient (Wildman–Crippen LogP) is 4.16. The fraction of sp³-hybridized carbons (Fsp3) is 0.474. The van der Waals surface area contributed by atoms with Crippen LogP contribution in [0.1, 0.15) is 54.5 Å². The summed E-state index contributed by atoms with van der Waals surface area (Å²) in [5.74, 6) is 0. The average Bonchev–Trinajstić information content (AvgIpc) is 2.69. The van der Waals surface area contributed by atoms with Gasteiger partial charge in [0.1, 0.15) is 0 Å². The van der Waals surface area contributed by atoms with E-state index in [-0.39, 0.29) is 11.5 Å². The molecule has 1 N–H and O–H groups in total. The molecule has 0 saturated heterocycles. The molecule has 1 heterocycles. The van der Waals surface area contributed by atoms with Crippen molar-refractivity contribution in [1.29, 1.82) is 0 Å². The molecular weight excluding hydrogens is 258 g/mol. The van der Waals surface area contributed by atoms with Crippen molar-refractivity contribution in [2.75, 3.05) is 0 Å². The average molecular weight is 283 g/mol. The molecule has 0 aliphatic heterocycles. The van der Waals surface area contributed by atoms with E-state index < -0.39 is 0 Å². The molecule has 0 amide bonds. The van der Waals surface area contributed by atoms with Crippen molar-refractivity contribution in [3.63, 3.8) is 0 Å². The van der Waals surface area contributed by atoms with Gasteiger partial charge < -0.3 is 9.67 Å². The van der Waals surface area contributed by atoms with Crippen LogP contribution in [0.5, 0.6) is 0 Å². The number of aliphatic hydroxyl groups is 1. The van der Waals surface area contributed by atoms with Crippen LogP contribution in [-0.2, 0) is 13.0 Å². The Hall–Kier alpha value is -1.54. The van der Waals surface area contributed by atoms with E-state index in [1.807, 2.05) is 0 Å². The maximum atomic E-state index is 10.4. The minimum Gasteiger partial charge on any atom is -0.388 e. The van der Waals surface area contributed by atoms with E-state index >= 15 is 0 Å². The Morgan fingerprint density at radius 2 is 1.95 bits per heavy atom. The van der Waals surface area contributed by atoms with E-state index in [1.165, 1.54) is 22.5 Å². The van der Waals surface area contributed by atoms with E-state index in [0.717, 1.165) is 24.9 Å². The van der Waals surface area contributed by atoms with Gasteiger partial charge in [0.05, 0.1) is 6.10 Å². The minimum absolute atomic E-state index is 0.167. The van der Waals surface area contributed by atoms with Crippen molar-refractivity contribution >= 4 is 0 Å². The Morgan fingerprint density at radius 3 is 2.67 bits per heavy atom. The third-order valence-electron chi connectivity index (χ3n) is 4.79. The SMILES string of the molecule is Cc1ccccc1Cn1c(C)cc2c1CC(C)(C)CC2O. The zero-order valence-electron chi connectivity index (χ0n) is 13.5. The van der Waals surface area contributed by atoms with Gasteiger partial charge in [-0.1, -0.05) is 38.1 Å². The number of aliphatic hydroxyl groups excluding tert-OH is 1. The van der Waals surface area contributed by atoms with Crippen LogP contribution in [-0.4, -0.2) is 9.67 Å². The van der Waals surface area contributed by atoms with Gasteiger partial charge in [0.2, 0.25) is 0 Å². The zero-order chi connectivity index (χ0) is 15.2. The molecule has 3 rings (SSSR count). The highest BCUT2D eigenvalue weighted by atomic mass is 16.3. The van der Waals surface area contributed by atoms with Crippen molar-refractivity contribution in [2.45, 2.75) is 53.2 Å². The molecule has 2 aromatic rings. The zero-order valence-corrected chi connectivity index (χ0v) is 13.5. The fourth-order valence-corrected chi connectivity index (χ4v) is 3.58. The molecule has 1 aromatic heterocycles. The van der Waals surface area contributed by atoms with Gasteiger partial charge in [-0.25, -0.2) is 0 Å². The number of benzene rings is 1. The molecule has 1 aliphatic rings. The Balaban J connectivity index is 2.03. The first-order valence-electron chi connectivity index (χ1n) is 7.79. The molecule has 21 heavy (non-hydrogen) atoms. The Bertz CT molecular complexity index is 666. The second-order valence-electron chi connectivity index (χ2n) is 7.26. The quantitative estimate of drug-likeness (QED) is 0.879. The fourth-order valence-electron chi connectivity index (χ4n) is 3.58. The second-order valence-corrected chi connectivity index (χ2v) is 7.26. The summed E-state index contributed by atoms with van der Waals surface area (Å²) in [6, 6.07) is 10.7. The predicted molar refractivity (Wildman–Crippen MR) is 86.5 cm³/mol. The first-order valence-corrected chi connectivity index (χ1v) is 7.79. The van der Waals surface area contributed by atoms with Gasteiger partial charge >= 0.3 is 0 Å². The van der Waals surface area contributed by atoms with E-state index in [9.17, 15) is 5.11 Å². The maximum Gasteiger partial charge on any atom is 0.0812 e. The van der Waals surface area contributed by atoms with Crippen molar-refractivity contribution in [3.05, 3.63) is 58.4 Å². The highest BCUT2D eigenvalue weighted by Crippen LogP contribution is 2.42. The summed E-state index contributed by atoms with van der Waals surface area (Å²) in [4.78, 5) is 0. The Kier molecular flexibility index (Phi) is 3.45. The Morgan fingerprint density at radius 1 is 1.24 bits per heavy atom. The molecule has 0 fully saturated rings. The molecule has 0 radical (unpaired) electrons. The monoisotopic (exact) mass is 283 g/mol. The summed E-state index contributed by atoms with van der Waals surface area (Å²) in [6.07, 6.45) is 1.58. The van der Waals surface area contributed by atoms with E-state index in [2.05, 4.69) is 62.6 Å². The van der Waals surface area contributed by atoms with Gasteiger partial charge in [0, 0.05) is 23.5 Å². The third kappa shape index (κ3) is 2.65. The molecule has 1 aromatic carbocycles. The van der Waals surface area contributed by atoms with Crippen molar-refractivity contribution in [2.24, 2.45) is 5.41 Å². The molecule has 1 aliphatic carbocycles. The van der Waals surface area contributed by atoms with Crippen LogP contribution in [0.3, 0.4) is 0 Å². The first-order chi connectivity index (χ1) is 9.87. The number of aryl methyl sites for hydroxylation is 2. The normalized spacial score (nSPS) is 20.3. The maximum absolute atomic E-state index is 10.4. The molecule has 2 nitrogen and oxygen atoms in total. The molecule has 0 spiro atoms. The molecule has 0 saturated carbocycles. The van der Waals surface area contributed by atoms with E-state index in [1.54, 1.807) is 0 Å². The second kappa shape index (κ2) is 5.03. The van der Waals surface area contributed by atoms with Crippen LogP contribution in [0.2, 0.25) is 0 Å². The van der Waals surface area contributed by atoms with E-state index in [0.29, 0.717) is 0 Å². The molecule has 1 unspecified atom stereocenters. The number of fused-ring (bicyclic) bond motifs is 1. The number of nitrogens with zero attached hydrogens (tertiary/aromatic N) is 1. The highest BCUT2D eigenvalue weighted by molar-refractivity contribution is 5.35. The van der Waals surface area contributed by atoms with Crippen LogP contribution in [0.4, 0.5) is 0 Å². The van der Waals surface area contributed by atoms with Crippen LogP contribution in [0.15, 0.2) is 30.3 Å². The number of rotatable bonds is 2. The van der Waals surface area contributed by atoms with Crippen molar-refractivity contribution in [1.82, 2.24) is 4.57 Å². The van der Waals surface area contributed by atoms with Gasteiger partial charge in [0.25, 0.3) is 0 Å². The lowest BCUT2D eigenvalue weighted by molar-refractivity contribution is 0.0981. The summed E-state index contributed by atoms with van der Waals surface area (Å²) in [5.41, 5.74) is 6.56. The lowest BCUT2D eigenvalue weighted by Gasteiger charge is -2.34. The summed E-state index contributed by atoms with van der Waals surface area (Å²) in [6.45, 7) is 9.71. The lowest BCUT2D eigenvalue weighted by Crippen LogP contribution is -2.27. The Labute approximate surface area is 127 Å². The summed E-state index contributed by atoms with van der Waals surface area (Å²) in [5, 5.41) is 10.4. The van der Waals surface area contributed by atoms with Crippen LogP contribution in [0, 0.1) is 19.3 Å². The lowest BCUT2D eigenvalue weighted by atomic mass is 9.75. The third-order valence-corrected chi connectivity index (χ3v) is 4.79. The summed E-state index contributed by atoms with van der Waals surface area (Å²) >= 11 is 0. The molecule has 112 valence electrons. The number of hydrogen-bond acceptors (Lipinski definition) is 1. The molecule has 1 atom stereocenters. The van der Waals surface area contributed by atoms with Gasteiger partial charge in [0.15, 0.2) is 0 Å². The minimum atomic E-state index is -0.319. The smallest absolute Gasteiger partial charge is 0.0812 e. The highest BCUT2D eigenvalue weighted by Gasteiger charge is 2.34. The molecular formula is C19H25NO. The van der Waals surface area contributed by atoms with Crippen LogP contribution in [0.25, 0.3) is 0 Å². The summed E-state index contributed by atoms with van der Waals surface area (Å²) < 4.78 is 2.39. The van der Waals surface area contributed by atoms with E-state index in [4.69, 9.17) is 0 Å². The van der Waals surface area contributed by atoms with Crippen molar-refractivity contribution in [3.8, 4) is 0 Å². The molecule has 0 bridgehead atoms. The standard InChI is InChI=1S/C19H25NO/c1-13-7-5-6-8-15(13)12-20-14(2)9-16-17(20)10-19(3,4)11-18(16)21/h5-9,18,21H,10-12H2,1-4H3. The topological polar surface area (TPSA) is 25.2 Å². The van der Waals surface area contributed by atoms with Crippen molar-refractivity contribution < 1.29 is 5.11 Å². The van der Waals surface area contributed by atoms with Gasteiger partial charge in [-0.3, -0.25) is 0 Å². The largest absolute Gasteiger partial charge is 0.388 e. The summed E-state index contributed by atoms with van der Waals surface area (Å²) in [7, 11) is 0. The van der Waals surface area contributed by atoms with Gasteiger partial charge in [-0.05, 0) is 49.3 Å². The first kappa shape index (κ1) is 14.4. The van der Waals surface area contributed by atoms with Gasteiger partial charge in [-0.15, -0.1) is 0 Å². The van der Waals surface area contributed by atoms with Crippen LogP contribution >= 0.6 is 0 Å². The molecule has 2 heteroatoms. The van der Waals surface area contributed by atoms with Crippen LogP contribution < -0.4 is 0 Å². The van der Waals surface area contributed by atoms with Gasteiger partial charge in [-0.2, -0.15) is 0 Å². The number of hydrogen-bond donors (Lipinski definition) is 1.